The summed E-state index contributed by atoms with van der Waals surface area (Å²) in [6.07, 6.45) is 1.98. The summed E-state index contributed by atoms with van der Waals surface area (Å²) in [7, 11) is -3.71. The van der Waals surface area contributed by atoms with Crippen LogP contribution in [0.1, 0.15) is 44.1 Å². The fourth-order valence-corrected chi connectivity index (χ4v) is 7.14. The van der Waals surface area contributed by atoms with Crippen LogP contribution in [0.2, 0.25) is 0 Å². The third-order valence-corrected chi connectivity index (χ3v) is 9.41. The van der Waals surface area contributed by atoms with Gasteiger partial charge in [-0.15, -0.1) is 0 Å². The number of aromatic amines is 1. The molecule has 3 aliphatic rings. The highest BCUT2D eigenvalue weighted by atomic mass is 32.2. The Bertz CT molecular complexity index is 1490. The fraction of sp³-hybridized carbons (Fsp3) is 0.500. The summed E-state index contributed by atoms with van der Waals surface area (Å²) in [5, 5.41) is 0. The van der Waals surface area contributed by atoms with Crippen molar-refractivity contribution < 1.29 is 31.1 Å². The molecule has 0 unspecified atom stereocenters. The van der Waals surface area contributed by atoms with E-state index in [4.69, 9.17) is 4.74 Å². The maximum Gasteiger partial charge on any atom is 0.416 e. The Morgan fingerprint density at radius 3 is 2.33 bits per heavy atom. The number of hydrogen-bond acceptors (Lipinski definition) is 7. The highest BCUT2D eigenvalue weighted by molar-refractivity contribution is 7.88. The van der Waals surface area contributed by atoms with Crippen molar-refractivity contribution in [3.63, 3.8) is 0 Å². The van der Waals surface area contributed by atoms with E-state index in [0.29, 0.717) is 29.7 Å². The van der Waals surface area contributed by atoms with Crippen molar-refractivity contribution in [3.05, 3.63) is 42.1 Å². The van der Waals surface area contributed by atoms with Crippen molar-refractivity contribution in [2.24, 2.45) is 0 Å². The first kappa shape index (κ1) is 27.0. The number of H-pyrrole nitrogens is 1. The van der Waals surface area contributed by atoms with Crippen molar-refractivity contribution in [2.75, 3.05) is 24.5 Å². The molecule has 10 nitrogen and oxygen atoms in total. The number of carbonyl (C=O) groups is 1. The molecule has 6 rings (SSSR count). The molecule has 3 fully saturated rings. The number of halogens is 3. The van der Waals surface area contributed by atoms with E-state index in [0.717, 1.165) is 56.7 Å². The molecule has 14 heteroatoms. The maximum atomic E-state index is 13.0. The number of ether oxygens (including phenoxy) is 1. The van der Waals surface area contributed by atoms with Crippen LogP contribution < -0.4 is 9.62 Å². The monoisotopic (exact) mass is 578 g/mol. The van der Waals surface area contributed by atoms with E-state index in [1.165, 1.54) is 10.4 Å². The minimum atomic E-state index is -4.42. The zero-order valence-corrected chi connectivity index (χ0v) is 22.3. The number of alkyl halides is 3. The molecule has 1 amide bonds. The Labute approximate surface area is 229 Å². The minimum Gasteiger partial charge on any atom is -0.375 e. The fourth-order valence-electron chi connectivity index (χ4n) is 5.78. The van der Waals surface area contributed by atoms with Gasteiger partial charge >= 0.3 is 16.4 Å². The number of pyridine rings is 1. The Kier molecular flexibility index (Phi) is 6.95. The number of benzene rings is 1. The molecule has 4 heterocycles. The largest absolute Gasteiger partial charge is 0.416 e. The molecule has 2 aromatic heterocycles. The number of fused-ring (bicyclic) bond motifs is 1. The van der Waals surface area contributed by atoms with Gasteiger partial charge in [0.05, 0.1) is 35.3 Å². The molecule has 2 N–H and O–H groups in total. The van der Waals surface area contributed by atoms with Gasteiger partial charge < -0.3 is 14.6 Å². The summed E-state index contributed by atoms with van der Waals surface area (Å²) in [4.78, 5) is 25.7. The normalized spacial score (nSPS) is 24.5. The van der Waals surface area contributed by atoms with Crippen LogP contribution in [0, 0.1) is 0 Å². The van der Waals surface area contributed by atoms with E-state index in [2.05, 4.69) is 19.9 Å². The van der Waals surface area contributed by atoms with Crippen LogP contribution >= 0.6 is 0 Å². The van der Waals surface area contributed by atoms with Gasteiger partial charge in [-0.1, -0.05) is 0 Å². The average Bonchev–Trinajstić information content (AvgIpc) is 3.48. The van der Waals surface area contributed by atoms with Crippen molar-refractivity contribution in [3.8, 4) is 11.4 Å². The second-order valence-corrected chi connectivity index (χ2v) is 12.2. The van der Waals surface area contributed by atoms with E-state index < -0.39 is 27.9 Å². The lowest BCUT2D eigenvalue weighted by atomic mass is 9.92. The van der Waals surface area contributed by atoms with Gasteiger partial charge in [-0.05, 0) is 68.9 Å². The van der Waals surface area contributed by atoms with Gasteiger partial charge in [0.15, 0.2) is 0 Å². The molecular weight excluding hydrogens is 549 g/mol. The van der Waals surface area contributed by atoms with E-state index >= 15 is 0 Å². The summed E-state index contributed by atoms with van der Waals surface area (Å²) < 4.78 is 72.9. The molecule has 214 valence electrons. The number of carbonyl (C=O) groups excluding carboxylic acids is 1. The summed E-state index contributed by atoms with van der Waals surface area (Å²) in [5.74, 6) is 0.792. The first-order valence-corrected chi connectivity index (χ1v) is 14.8. The molecule has 0 bridgehead atoms. The van der Waals surface area contributed by atoms with Crippen LogP contribution in [0.15, 0.2) is 36.5 Å². The van der Waals surface area contributed by atoms with Gasteiger partial charge in [0.2, 0.25) is 5.91 Å². The van der Waals surface area contributed by atoms with Crippen molar-refractivity contribution in [1.29, 1.82) is 0 Å². The number of imidazole rings is 1. The third-order valence-electron chi connectivity index (χ3n) is 7.88. The summed E-state index contributed by atoms with van der Waals surface area (Å²) in [6, 6.07) is 7.02. The third kappa shape index (κ3) is 5.52. The van der Waals surface area contributed by atoms with Crippen LogP contribution in [0.3, 0.4) is 0 Å². The molecule has 0 spiro atoms. The number of nitrogens with one attached hydrogen (secondary N) is 2. The predicted octanol–water partition coefficient (Wildman–Crippen LogP) is 3.62. The number of rotatable bonds is 5. The molecule has 1 aliphatic carbocycles. The Hall–Kier alpha value is -3.23. The Balaban J connectivity index is 1.00. The molecular formula is C26H29F3N6O4S. The second kappa shape index (κ2) is 10.3. The highest BCUT2D eigenvalue weighted by Gasteiger charge is 2.40. The number of amides is 1. The van der Waals surface area contributed by atoms with Crippen molar-refractivity contribution >= 4 is 33.0 Å². The first-order chi connectivity index (χ1) is 19.0. The molecule has 2 aliphatic heterocycles. The van der Waals surface area contributed by atoms with Crippen LogP contribution in [-0.4, -0.2) is 71.5 Å². The van der Waals surface area contributed by atoms with Gasteiger partial charge in [0, 0.05) is 30.9 Å². The molecule has 3 aromatic rings. The summed E-state index contributed by atoms with van der Waals surface area (Å²) in [5.41, 5.74) is 0.719. The van der Waals surface area contributed by atoms with Gasteiger partial charge in [0.25, 0.3) is 0 Å². The molecule has 1 aromatic carbocycles. The zero-order valence-electron chi connectivity index (χ0n) is 21.5. The highest BCUT2D eigenvalue weighted by Crippen LogP contribution is 2.33. The number of anilines is 1. The van der Waals surface area contributed by atoms with Crippen molar-refractivity contribution in [1.82, 2.24) is 24.0 Å². The predicted molar refractivity (Wildman–Crippen MR) is 140 cm³/mol. The lowest BCUT2D eigenvalue weighted by Crippen LogP contribution is -2.43. The lowest BCUT2D eigenvalue weighted by molar-refractivity contribution is -0.137. The number of hydrogen-bond donors (Lipinski definition) is 2. The smallest absolute Gasteiger partial charge is 0.375 e. The van der Waals surface area contributed by atoms with E-state index in [-0.39, 0.29) is 30.3 Å². The van der Waals surface area contributed by atoms with Gasteiger partial charge in [-0.3, -0.25) is 4.79 Å². The first-order valence-electron chi connectivity index (χ1n) is 13.3. The van der Waals surface area contributed by atoms with Gasteiger partial charge in [0.1, 0.15) is 11.6 Å². The number of nitrogens with zero attached hydrogens (tertiary/aromatic N) is 4. The van der Waals surface area contributed by atoms with Crippen LogP contribution in [-0.2, 0) is 25.9 Å². The van der Waals surface area contributed by atoms with Crippen LogP contribution in [0.5, 0.6) is 0 Å². The molecule has 1 saturated carbocycles. The summed E-state index contributed by atoms with van der Waals surface area (Å²) in [6.45, 7) is 1.45. The van der Waals surface area contributed by atoms with Gasteiger partial charge in [-0.2, -0.15) is 25.9 Å². The topological polar surface area (TPSA) is 121 Å². The minimum absolute atomic E-state index is 0.0789. The number of piperidine rings is 1. The maximum absolute atomic E-state index is 13.0. The van der Waals surface area contributed by atoms with Gasteiger partial charge in [-0.25, -0.2) is 14.7 Å². The molecule has 0 radical (unpaired) electrons. The van der Waals surface area contributed by atoms with Crippen LogP contribution in [0.4, 0.5) is 19.0 Å². The standard InChI is InChI=1S/C26H29F3N6O4S/c27-26(28,29)17-2-7-21-22(13-17)32-25(31-21)16-1-8-23(30-14-16)34-11-9-20(10-12-34)39-19-5-3-18(4-6-19)35-15-24(36)33-40(35,37)38/h1-2,7-8,13-14,18-20H,3-6,9-12,15H2,(H,31,32)(H,33,36)/t18-,19-. The second-order valence-electron chi connectivity index (χ2n) is 10.5. The molecule has 40 heavy (non-hydrogen) atoms. The lowest BCUT2D eigenvalue weighted by Gasteiger charge is -2.37. The molecule has 0 atom stereocenters. The average molecular weight is 579 g/mol. The Morgan fingerprint density at radius 2 is 1.70 bits per heavy atom. The Morgan fingerprint density at radius 1 is 0.975 bits per heavy atom. The SMILES string of the molecule is O=C1CN([C@H]2CC[C@H](OC3CCN(c4ccc(-c5nc6cc(C(F)(F)F)ccc6[nH]5)cn4)CC3)CC2)S(=O)(=O)N1. The van der Waals surface area contributed by atoms with E-state index in [1.54, 1.807) is 6.20 Å². The molecule has 2 saturated heterocycles. The van der Waals surface area contributed by atoms with E-state index in [1.807, 2.05) is 16.9 Å². The van der Waals surface area contributed by atoms with E-state index in [9.17, 15) is 26.4 Å². The quantitative estimate of drug-likeness (QED) is 0.475. The number of aromatic nitrogens is 3. The van der Waals surface area contributed by atoms with Crippen LogP contribution in [0.25, 0.3) is 22.4 Å². The summed E-state index contributed by atoms with van der Waals surface area (Å²) >= 11 is 0. The zero-order chi connectivity index (χ0) is 28.1. The van der Waals surface area contributed by atoms with Crippen molar-refractivity contribution in [2.45, 2.75) is 63.0 Å².